The topological polar surface area (TPSA) is 81.4 Å². The lowest BCUT2D eigenvalue weighted by molar-refractivity contribution is -0.131. The molecule has 1 amide bonds. The number of amides is 1. The van der Waals surface area contributed by atoms with Crippen LogP contribution >= 0.6 is 11.6 Å². The van der Waals surface area contributed by atoms with Crippen LogP contribution in [0.1, 0.15) is 22.8 Å². The van der Waals surface area contributed by atoms with Gasteiger partial charge in [-0.15, -0.1) is 0 Å². The van der Waals surface area contributed by atoms with Gasteiger partial charge in [0.05, 0.1) is 5.56 Å². The Bertz CT molecular complexity index is 716. The van der Waals surface area contributed by atoms with Crippen LogP contribution in [0.15, 0.2) is 42.5 Å². The molecule has 0 aliphatic rings. The zero-order chi connectivity index (χ0) is 16.1. The van der Waals surface area contributed by atoms with Crippen LogP contribution in [0.4, 0.5) is 5.69 Å². The van der Waals surface area contributed by atoms with E-state index >= 15 is 0 Å². The highest BCUT2D eigenvalue weighted by Gasteiger charge is 2.15. The van der Waals surface area contributed by atoms with Crippen LogP contribution in [0.5, 0.6) is 5.75 Å². The van der Waals surface area contributed by atoms with Crippen molar-refractivity contribution in [3.05, 3.63) is 58.6 Å². The van der Waals surface area contributed by atoms with Crippen molar-refractivity contribution < 1.29 is 14.3 Å². The molecule has 0 heterocycles. The van der Waals surface area contributed by atoms with E-state index < -0.39 is 11.9 Å². The summed E-state index contributed by atoms with van der Waals surface area (Å²) in [5, 5.41) is 3.29. The van der Waals surface area contributed by atoms with Gasteiger partial charge >= 0.3 is 5.97 Å². The molecule has 0 aliphatic carbocycles. The molecular weight excluding hydrogens is 304 g/mol. The average molecular weight is 319 g/mol. The molecule has 0 aromatic heterocycles. The van der Waals surface area contributed by atoms with Crippen LogP contribution in [0.25, 0.3) is 0 Å². The van der Waals surface area contributed by atoms with Gasteiger partial charge in [0, 0.05) is 24.2 Å². The largest absolute Gasteiger partial charge is 0.426 e. The summed E-state index contributed by atoms with van der Waals surface area (Å²) in [6.07, 6.45) is 0. The molecule has 2 rings (SSSR count). The molecule has 0 spiro atoms. The third kappa shape index (κ3) is 3.84. The fraction of sp³-hybridized carbons (Fsp3) is 0.125. The summed E-state index contributed by atoms with van der Waals surface area (Å²) in [6, 6.07) is 11.5. The van der Waals surface area contributed by atoms with E-state index in [0.717, 1.165) is 0 Å². The molecule has 3 N–H and O–H groups in total. The lowest BCUT2D eigenvalue weighted by Crippen LogP contribution is -2.16. The van der Waals surface area contributed by atoms with Crippen molar-refractivity contribution in [2.75, 3.05) is 5.32 Å². The first kappa shape index (κ1) is 16.0. The van der Waals surface area contributed by atoms with Crippen molar-refractivity contribution >= 4 is 29.2 Å². The number of hydrogen-bond donors (Lipinski definition) is 2. The maximum absolute atomic E-state index is 12.4. The Morgan fingerprint density at radius 3 is 2.64 bits per heavy atom. The Hall–Kier alpha value is -2.37. The maximum Gasteiger partial charge on any atom is 0.308 e. The lowest BCUT2D eigenvalue weighted by atomic mass is 10.1. The number of carbonyl (C=O) groups excluding carboxylic acids is 2. The van der Waals surface area contributed by atoms with Gasteiger partial charge in [0.15, 0.2) is 0 Å². The van der Waals surface area contributed by atoms with Crippen LogP contribution in [0, 0.1) is 0 Å². The number of carbonyl (C=O) groups is 2. The second-order valence-corrected chi connectivity index (χ2v) is 4.99. The monoisotopic (exact) mass is 318 g/mol. The molecule has 2 aromatic carbocycles. The molecule has 0 aliphatic heterocycles. The Balaban J connectivity index is 2.28. The van der Waals surface area contributed by atoms with Crippen LogP contribution < -0.4 is 15.8 Å². The van der Waals surface area contributed by atoms with Crippen molar-refractivity contribution in [3.8, 4) is 5.75 Å². The number of para-hydroxylation sites is 1. The minimum atomic E-state index is -0.491. The van der Waals surface area contributed by atoms with E-state index in [4.69, 9.17) is 22.1 Å². The first-order valence-electron chi connectivity index (χ1n) is 6.58. The number of halogens is 1. The Labute approximate surface area is 133 Å². The molecule has 0 saturated carbocycles. The summed E-state index contributed by atoms with van der Waals surface area (Å²) >= 11 is 5.91. The summed E-state index contributed by atoms with van der Waals surface area (Å²) in [5.74, 6) is -0.681. The molecular formula is C16H15ClN2O3. The number of rotatable bonds is 4. The molecule has 0 bridgehead atoms. The van der Waals surface area contributed by atoms with E-state index in [1.807, 2.05) is 0 Å². The number of nitrogens with two attached hydrogens (primary N) is 1. The van der Waals surface area contributed by atoms with Crippen molar-refractivity contribution in [1.82, 2.24) is 0 Å². The minimum Gasteiger partial charge on any atom is -0.426 e. The number of ether oxygens (including phenoxy) is 1. The Kier molecular flexibility index (Phi) is 5.14. The molecule has 22 heavy (non-hydrogen) atoms. The van der Waals surface area contributed by atoms with E-state index in [0.29, 0.717) is 16.3 Å². The van der Waals surface area contributed by atoms with Crippen molar-refractivity contribution in [3.63, 3.8) is 0 Å². The SMILES string of the molecule is CC(=O)Oc1ccccc1C(=O)Nc1ccc(Cl)cc1CN. The third-order valence-corrected chi connectivity index (χ3v) is 3.16. The number of anilines is 1. The van der Waals surface area contributed by atoms with Crippen LogP contribution in [-0.2, 0) is 11.3 Å². The van der Waals surface area contributed by atoms with Crippen LogP contribution in [0.3, 0.4) is 0 Å². The van der Waals surface area contributed by atoms with Crippen LogP contribution in [0.2, 0.25) is 5.02 Å². The summed E-state index contributed by atoms with van der Waals surface area (Å²) in [6.45, 7) is 1.52. The van der Waals surface area contributed by atoms with Gasteiger partial charge in [0.1, 0.15) is 5.75 Å². The summed E-state index contributed by atoms with van der Waals surface area (Å²) < 4.78 is 5.03. The van der Waals surface area contributed by atoms with E-state index in [9.17, 15) is 9.59 Å². The molecule has 0 saturated heterocycles. The first-order chi connectivity index (χ1) is 10.5. The van der Waals surface area contributed by atoms with E-state index in [2.05, 4.69) is 5.32 Å². The quantitative estimate of drug-likeness (QED) is 0.670. The first-order valence-corrected chi connectivity index (χ1v) is 6.96. The Morgan fingerprint density at radius 2 is 1.95 bits per heavy atom. The van der Waals surface area contributed by atoms with Gasteiger partial charge in [-0.25, -0.2) is 0 Å². The molecule has 0 radical (unpaired) electrons. The third-order valence-electron chi connectivity index (χ3n) is 2.92. The highest BCUT2D eigenvalue weighted by atomic mass is 35.5. The van der Waals surface area contributed by atoms with Gasteiger partial charge < -0.3 is 15.8 Å². The molecule has 0 atom stereocenters. The van der Waals surface area contributed by atoms with Gasteiger partial charge in [-0.1, -0.05) is 23.7 Å². The number of nitrogens with one attached hydrogen (secondary N) is 1. The predicted octanol–water partition coefficient (Wildman–Crippen LogP) is 2.98. The van der Waals surface area contributed by atoms with Crippen LogP contribution in [-0.4, -0.2) is 11.9 Å². The minimum absolute atomic E-state index is 0.204. The smallest absolute Gasteiger partial charge is 0.308 e. The molecule has 0 fully saturated rings. The number of esters is 1. The normalized spacial score (nSPS) is 10.1. The molecule has 0 unspecified atom stereocenters. The highest BCUT2D eigenvalue weighted by molar-refractivity contribution is 6.30. The van der Waals surface area contributed by atoms with Gasteiger partial charge in [0.2, 0.25) is 0 Å². The molecule has 2 aromatic rings. The van der Waals surface area contributed by atoms with E-state index in [1.54, 1.807) is 42.5 Å². The van der Waals surface area contributed by atoms with Gasteiger partial charge in [0.25, 0.3) is 5.91 Å². The summed E-state index contributed by atoms with van der Waals surface area (Å²) in [7, 11) is 0. The highest BCUT2D eigenvalue weighted by Crippen LogP contribution is 2.23. The number of benzene rings is 2. The standard InChI is InChI=1S/C16H15ClN2O3/c1-10(20)22-15-5-3-2-4-13(15)16(21)19-14-7-6-12(17)8-11(14)9-18/h2-8H,9,18H2,1H3,(H,19,21). The van der Waals surface area contributed by atoms with Crippen molar-refractivity contribution in [2.45, 2.75) is 13.5 Å². The van der Waals surface area contributed by atoms with Gasteiger partial charge in [-0.2, -0.15) is 0 Å². The molecule has 6 heteroatoms. The molecule has 114 valence electrons. The second-order valence-electron chi connectivity index (χ2n) is 4.55. The van der Waals surface area contributed by atoms with Gasteiger partial charge in [-0.3, -0.25) is 9.59 Å². The fourth-order valence-corrected chi connectivity index (χ4v) is 2.14. The van der Waals surface area contributed by atoms with E-state index in [-0.39, 0.29) is 17.9 Å². The van der Waals surface area contributed by atoms with Crippen molar-refractivity contribution in [1.29, 1.82) is 0 Å². The lowest BCUT2D eigenvalue weighted by Gasteiger charge is -2.12. The zero-order valence-corrected chi connectivity index (χ0v) is 12.7. The zero-order valence-electron chi connectivity index (χ0n) is 11.9. The second kappa shape index (κ2) is 7.06. The number of hydrogen-bond acceptors (Lipinski definition) is 4. The summed E-state index contributed by atoms with van der Waals surface area (Å²) in [5.41, 5.74) is 7.19. The Morgan fingerprint density at radius 1 is 1.23 bits per heavy atom. The molecule has 5 nitrogen and oxygen atoms in total. The summed E-state index contributed by atoms with van der Waals surface area (Å²) in [4.78, 5) is 23.5. The maximum atomic E-state index is 12.4. The fourth-order valence-electron chi connectivity index (χ4n) is 1.94. The van der Waals surface area contributed by atoms with E-state index in [1.165, 1.54) is 6.92 Å². The van der Waals surface area contributed by atoms with Gasteiger partial charge in [-0.05, 0) is 35.9 Å². The van der Waals surface area contributed by atoms with Crippen molar-refractivity contribution in [2.24, 2.45) is 5.73 Å². The average Bonchev–Trinajstić information content (AvgIpc) is 2.48. The predicted molar refractivity (Wildman–Crippen MR) is 85.0 cm³/mol.